The number of hydrazone groups is 1. The van der Waals surface area contributed by atoms with Gasteiger partial charge in [0.2, 0.25) is 11.8 Å². The third-order valence-corrected chi connectivity index (χ3v) is 9.30. The van der Waals surface area contributed by atoms with Crippen LogP contribution in [0.1, 0.15) is 44.1 Å². The molecule has 0 radical (unpaired) electrons. The Bertz CT molecular complexity index is 1750. The van der Waals surface area contributed by atoms with Gasteiger partial charge in [0.1, 0.15) is 0 Å². The maximum atomic E-state index is 14.4. The van der Waals surface area contributed by atoms with E-state index in [1.165, 1.54) is 4.90 Å². The van der Waals surface area contributed by atoms with Gasteiger partial charge in [0.15, 0.2) is 0 Å². The van der Waals surface area contributed by atoms with Crippen LogP contribution in [0.4, 0.5) is 5.69 Å². The standard InChI is InChI=1S/C33H23Cl2N3O3/c1-18-10-15-21(16-26(18)35)38-31(40)28-27-22-6-2-4-8-24(22)33(29(28)32(38)41,25-9-5-3-7-23(25)27)17-36-37-30(39)19-11-13-20(34)14-12-19/h2-17,27-29H,1H3,(H,37,39)/b36-17+/t27?,28-,29-,33?/m0/s1. The molecule has 1 heterocycles. The minimum absolute atomic E-state index is 0.267. The molecular weight excluding hydrogens is 557 g/mol. The van der Waals surface area contributed by atoms with E-state index >= 15 is 0 Å². The van der Waals surface area contributed by atoms with Crippen molar-refractivity contribution in [1.82, 2.24) is 5.43 Å². The number of nitrogens with zero attached hydrogens (tertiary/aromatic N) is 2. The summed E-state index contributed by atoms with van der Waals surface area (Å²) in [6, 6.07) is 27.5. The van der Waals surface area contributed by atoms with Crippen molar-refractivity contribution >= 4 is 52.8 Å². The molecule has 4 aromatic rings. The zero-order valence-corrected chi connectivity index (χ0v) is 23.4. The molecule has 1 N–H and O–H groups in total. The van der Waals surface area contributed by atoms with Crippen molar-refractivity contribution in [3.63, 3.8) is 0 Å². The number of carbonyl (C=O) groups is 3. The maximum absolute atomic E-state index is 14.4. The highest BCUT2D eigenvalue weighted by Gasteiger charge is 2.68. The summed E-state index contributed by atoms with van der Waals surface area (Å²) in [5.41, 5.74) is 6.99. The summed E-state index contributed by atoms with van der Waals surface area (Å²) in [5, 5.41) is 5.44. The zero-order chi connectivity index (χ0) is 28.5. The Hall–Kier alpha value is -4.26. The van der Waals surface area contributed by atoms with Gasteiger partial charge in [-0.3, -0.25) is 14.4 Å². The van der Waals surface area contributed by atoms with Crippen molar-refractivity contribution in [2.75, 3.05) is 4.90 Å². The average Bonchev–Trinajstić information content (AvgIpc) is 3.25. The van der Waals surface area contributed by atoms with Gasteiger partial charge in [0, 0.05) is 27.7 Å². The van der Waals surface area contributed by atoms with Crippen LogP contribution in [0.25, 0.3) is 0 Å². The molecule has 0 spiro atoms. The number of hydrogen-bond donors (Lipinski definition) is 1. The molecule has 1 saturated heterocycles. The highest BCUT2D eigenvalue weighted by molar-refractivity contribution is 6.32. The summed E-state index contributed by atoms with van der Waals surface area (Å²) in [5.74, 6) is -2.71. The quantitative estimate of drug-likeness (QED) is 0.176. The predicted molar refractivity (Wildman–Crippen MR) is 159 cm³/mol. The molecule has 1 fully saturated rings. The first-order valence-electron chi connectivity index (χ1n) is 13.3. The molecular formula is C33H23Cl2N3O3. The summed E-state index contributed by atoms with van der Waals surface area (Å²) in [6.45, 7) is 1.87. The van der Waals surface area contributed by atoms with Crippen molar-refractivity contribution in [2.45, 2.75) is 18.3 Å². The topological polar surface area (TPSA) is 78.8 Å². The van der Waals surface area contributed by atoms with Crippen LogP contribution in [0.3, 0.4) is 0 Å². The van der Waals surface area contributed by atoms with Crippen LogP contribution in [0.5, 0.6) is 0 Å². The molecule has 8 heteroatoms. The fraction of sp³-hybridized carbons (Fsp3) is 0.152. The molecule has 2 bridgehead atoms. The molecule has 8 rings (SSSR count). The number of anilines is 1. The number of imide groups is 1. The number of benzene rings is 4. The van der Waals surface area contributed by atoms with E-state index in [9.17, 15) is 14.4 Å². The lowest BCUT2D eigenvalue weighted by atomic mass is 9.47. The normalized spacial score (nSPS) is 23.9. The van der Waals surface area contributed by atoms with Crippen molar-refractivity contribution < 1.29 is 14.4 Å². The Kier molecular flexibility index (Phi) is 5.89. The molecule has 4 aliphatic rings. The molecule has 1 aliphatic heterocycles. The second kappa shape index (κ2) is 9.40. The fourth-order valence-corrected chi connectivity index (χ4v) is 7.18. The lowest BCUT2D eigenvalue weighted by Crippen LogP contribution is -2.54. The first kappa shape index (κ1) is 25.7. The largest absolute Gasteiger partial charge is 0.274 e. The van der Waals surface area contributed by atoms with Crippen molar-refractivity contribution in [3.05, 3.63) is 134 Å². The van der Waals surface area contributed by atoms with E-state index in [-0.39, 0.29) is 17.7 Å². The van der Waals surface area contributed by atoms with Crippen LogP contribution < -0.4 is 10.3 Å². The lowest BCUT2D eigenvalue weighted by molar-refractivity contribution is -0.122. The van der Waals surface area contributed by atoms with Crippen LogP contribution in [0.15, 0.2) is 96.1 Å². The minimum atomic E-state index is -1.09. The number of rotatable bonds is 4. The number of halogens is 2. The molecule has 41 heavy (non-hydrogen) atoms. The molecule has 3 aliphatic carbocycles. The highest BCUT2D eigenvalue weighted by atomic mass is 35.5. The molecule has 2 atom stereocenters. The molecule has 4 aromatic carbocycles. The smallest absolute Gasteiger partial charge is 0.271 e. The minimum Gasteiger partial charge on any atom is -0.274 e. The number of aryl methyl sites for hydroxylation is 1. The third-order valence-electron chi connectivity index (χ3n) is 8.64. The van der Waals surface area contributed by atoms with Crippen molar-refractivity contribution in [3.8, 4) is 0 Å². The summed E-state index contributed by atoms with van der Waals surface area (Å²) in [7, 11) is 0. The van der Waals surface area contributed by atoms with Crippen LogP contribution in [0, 0.1) is 18.8 Å². The summed E-state index contributed by atoms with van der Waals surface area (Å²) in [4.78, 5) is 42.8. The number of nitrogens with one attached hydrogen (secondary N) is 1. The summed E-state index contributed by atoms with van der Waals surface area (Å²) < 4.78 is 0. The van der Waals surface area contributed by atoms with Gasteiger partial charge >= 0.3 is 0 Å². The van der Waals surface area contributed by atoms with Gasteiger partial charge in [-0.2, -0.15) is 5.10 Å². The van der Waals surface area contributed by atoms with E-state index in [0.29, 0.717) is 21.3 Å². The number of amides is 3. The molecule has 0 aromatic heterocycles. The molecule has 202 valence electrons. The van der Waals surface area contributed by atoms with E-state index < -0.39 is 23.2 Å². The fourth-order valence-electron chi connectivity index (χ4n) is 6.88. The Morgan fingerprint density at radius 2 is 1.51 bits per heavy atom. The SMILES string of the molecule is Cc1ccc(N2C(=O)[C@@H]3[C@@H](C2=O)C2c4ccccc4C3(/C=N/NC(=O)c3ccc(Cl)cc3)c3ccccc32)cc1Cl. The average molecular weight is 580 g/mol. The maximum Gasteiger partial charge on any atom is 0.271 e. The van der Waals surface area contributed by atoms with E-state index in [4.69, 9.17) is 23.2 Å². The van der Waals surface area contributed by atoms with E-state index in [1.54, 1.807) is 42.6 Å². The Balaban J connectivity index is 1.39. The van der Waals surface area contributed by atoms with Gasteiger partial charge < -0.3 is 0 Å². The second-order valence-electron chi connectivity index (χ2n) is 10.7. The third kappa shape index (κ3) is 3.64. The van der Waals surface area contributed by atoms with Crippen LogP contribution in [-0.2, 0) is 15.0 Å². The van der Waals surface area contributed by atoms with Gasteiger partial charge in [-0.25, -0.2) is 10.3 Å². The Morgan fingerprint density at radius 1 is 0.878 bits per heavy atom. The van der Waals surface area contributed by atoms with Gasteiger partial charge in [-0.15, -0.1) is 0 Å². The van der Waals surface area contributed by atoms with Crippen molar-refractivity contribution in [1.29, 1.82) is 0 Å². The first-order chi connectivity index (χ1) is 19.8. The zero-order valence-electron chi connectivity index (χ0n) is 21.8. The summed E-state index contributed by atoms with van der Waals surface area (Å²) >= 11 is 12.4. The summed E-state index contributed by atoms with van der Waals surface area (Å²) in [6.07, 6.45) is 1.64. The monoisotopic (exact) mass is 579 g/mol. The Labute approximate surface area is 246 Å². The van der Waals surface area contributed by atoms with Gasteiger partial charge in [-0.05, 0) is 71.1 Å². The van der Waals surface area contributed by atoms with Crippen LogP contribution in [-0.4, -0.2) is 23.9 Å². The van der Waals surface area contributed by atoms with E-state index in [0.717, 1.165) is 27.8 Å². The molecule has 0 unspecified atom stereocenters. The van der Waals surface area contributed by atoms with Gasteiger partial charge in [0.05, 0.1) is 22.9 Å². The van der Waals surface area contributed by atoms with Crippen LogP contribution in [0.2, 0.25) is 10.0 Å². The molecule has 3 amide bonds. The number of hydrogen-bond acceptors (Lipinski definition) is 4. The van der Waals surface area contributed by atoms with Gasteiger partial charge in [-0.1, -0.05) is 77.8 Å². The van der Waals surface area contributed by atoms with E-state index in [2.05, 4.69) is 10.5 Å². The van der Waals surface area contributed by atoms with Gasteiger partial charge in [0.25, 0.3) is 5.91 Å². The number of carbonyl (C=O) groups excluding carboxylic acids is 3. The highest BCUT2D eigenvalue weighted by Crippen LogP contribution is 2.63. The Morgan fingerprint density at radius 3 is 2.15 bits per heavy atom. The van der Waals surface area contributed by atoms with Crippen LogP contribution >= 0.6 is 23.2 Å². The lowest BCUT2D eigenvalue weighted by Gasteiger charge is -2.52. The predicted octanol–water partition coefficient (Wildman–Crippen LogP) is 6.27. The molecule has 6 nitrogen and oxygen atoms in total. The second-order valence-corrected chi connectivity index (χ2v) is 11.5. The van der Waals surface area contributed by atoms with Crippen molar-refractivity contribution in [2.24, 2.45) is 16.9 Å². The molecule has 0 saturated carbocycles. The first-order valence-corrected chi connectivity index (χ1v) is 14.0. The van der Waals surface area contributed by atoms with E-state index in [1.807, 2.05) is 61.5 Å².